The van der Waals surface area contributed by atoms with Crippen LogP contribution in [0.5, 0.6) is 5.75 Å². The van der Waals surface area contributed by atoms with E-state index in [9.17, 15) is 4.79 Å². The topological polar surface area (TPSA) is 73.8 Å². The molecule has 8 heteroatoms. The van der Waals surface area contributed by atoms with Gasteiger partial charge in [0.05, 0.1) is 6.20 Å². The molecule has 1 saturated carbocycles. The van der Waals surface area contributed by atoms with E-state index < -0.39 is 5.60 Å². The van der Waals surface area contributed by atoms with E-state index in [2.05, 4.69) is 51.4 Å². The largest absolute Gasteiger partial charge is 0.472 e. The Morgan fingerprint density at radius 1 is 1.06 bits per heavy atom. The second kappa shape index (κ2) is 8.24. The predicted octanol–water partition coefficient (Wildman–Crippen LogP) is 3.42. The van der Waals surface area contributed by atoms with E-state index in [1.165, 1.54) is 5.69 Å². The second-order valence-electron chi connectivity index (χ2n) is 9.57. The molecule has 32 heavy (non-hydrogen) atoms. The molecule has 170 valence electrons. The van der Waals surface area contributed by atoms with Crippen molar-refractivity contribution in [3.63, 3.8) is 0 Å². The van der Waals surface area contributed by atoms with Crippen molar-refractivity contribution in [3.8, 4) is 5.75 Å². The maximum absolute atomic E-state index is 13.2. The van der Waals surface area contributed by atoms with Gasteiger partial charge in [0.1, 0.15) is 0 Å². The summed E-state index contributed by atoms with van der Waals surface area (Å²) in [6, 6.07) is 8.54. The first kappa shape index (κ1) is 21.0. The Balaban J connectivity index is 1.36. The summed E-state index contributed by atoms with van der Waals surface area (Å²) in [5.41, 5.74) is 1.23. The van der Waals surface area contributed by atoms with E-state index in [1.54, 1.807) is 6.20 Å². The molecule has 1 aliphatic carbocycles. The van der Waals surface area contributed by atoms with E-state index in [0.29, 0.717) is 17.5 Å². The number of amides is 1. The molecule has 1 aromatic carbocycles. The van der Waals surface area contributed by atoms with Crippen LogP contribution < -0.4 is 19.9 Å². The van der Waals surface area contributed by atoms with Gasteiger partial charge in [-0.15, -0.1) is 0 Å². The highest BCUT2D eigenvalue weighted by molar-refractivity contribution is 6.02. The Labute approximate surface area is 189 Å². The molecule has 2 fully saturated rings. The van der Waals surface area contributed by atoms with E-state index in [1.807, 2.05) is 18.7 Å². The highest BCUT2D eigenvalue weighted by atomic mass is 16.5. The normalized spacial score (nSPS) is 21.4. The van der Waals surface area contributed by atoms with Crippen molar-refractivity contribution in [3.05, 3.63) is 30.5 Å². The molecule has 5 rings (SSSR count). The van der Waals surface area contributed by atoms with Gasteiger partial charge in [-0.05, 0) is 58.0 Å². The highest BCUT2D eigenvalue weighted by Gasteiger charge is 2.45. The summed E-state index contributed by atoms with van der Waals surface area (Å²) in [5.74, 6) is 1.58. The van der Waals surface area contributed by atoms with Crippen LogP contribution in [0.15, 0.2) is 30.5 Å². The SMILES string of the molecule is CN1CCN(c2ccc(Nc3ncc4c(n3)N(C3CCCC3)C(=O)C(C)(C)O4)cc2)CC1. The maximum Gasteiger partial charge on any atom is 0.272 e. The van der Waals surface area contributed by atoms with Crippen LogP contribution in [0.3, 0.4) is 0 Å². The van der Waals surface area contributed by atoms with Gasteiger partial charge in [-0.25, -0.2) is 4.98 Å². The number of aromatic nitrogens is 2. The number of benzene rings is 1. The number of likely N-dealkylation sites (N-methyl/N-ethyl adjacent to an activating group) is 1. The van der Waals surface area contributed by atoms with Gasteiger partial charge in [0.2, 0.25) is 5.95 Å². The summed E-state index contributed by atoms with van der Waals surface area (Å²) >= 11 is 0. The predicted molar refractivity (Wildman–Crippen MR) is 126 cm³/mol. The molecule has 3 aliphatic rings. The first-order valence-electron chi connectivity index (χ1n) is 11.6. The summed E-state index contributed by atoms with van der Waals surface area (Å²) in [4.78, 5) is 29.0. The van der Waals surface area contributed by atoms with Crippen LogP contribution in [0.4, 0.5) is 23.1 Å². The lowest BCUT2D eigenvalue weighted by Crippen LogP contribution is -2.55. The molecule has 0 radical (unpaired) electrons. The van der Waals surface area contributed by atoms with E-state index >= 15 is 0 Å². The van der Waals surface area contributed by atoms with Gasteiger partial charge in [-0.3, -0.25) is 9.69 Å². The zero-order valence-corrected chi connectivity index (χ0v) is 19.2. The summed E-state index contributed by atoms with van der Waals surface area (Å²) in [5, 5.41) is 3.30. The molecule has 0 spiro atoms. The summed E-state index contributed by atoms with van der Waals surface area (Å²) in [7, 11) is 2.16. The van der Waals surface area contributed by atoms with Crippen molar-refractivity contribution >= 4 is 29.0 Å². The fraction of sp³-hybridized carbons (Fsp3) is 0.542. The highest BCUT2D eigenvalue weighted by Crippen LogP contribution is 2.40. The van der Waals surface area contributed by atoms with E-state index in [0.717, 1.165) is 57.5 Å². The third-order valence-corrected chi connectivity index (χ3v) is 6.75. The fourth-order valence-electron chi connectivity index (χ4n) is 4.82. The van der Waals surface area contributed by atoms with Crippen LogP contribution in [0.2, 0.25) is 0 Å². The minimum atomic E-state index is -0.910. The van der Waals surface area contributed by atoms with Crippen LogP contribution >= 0.6 is 0 Å². The van der Waals surface area contributed by atoms with Crippen molar-refractivity contribution in [2.24, 2.45) is 0 Å². The van der Waals surface area contributed by atoms with Crippen molar-refractivity contribution in [2.75, 3.05) is 48.3 Å². The zero-order chi connectivity index (χ0) is 22.3. The molecule has 3 heterocycles. The lowest BCUT2D eigenvalue weighted by Gasteiger charge is -2.40. The number of nitrogens with one attached hydrogen (secondary N) is 1. The summed E-state index contributed by atoms with van der Waals surface area (Å²) in [6.45, 7) is 7.87. The Morgan fingerprint density at radius 2 is 1.75 bits per heavy atom. The van der Waals surface area contributed by atoms with Crippen LogP contribution in [-0.2, 0) is 4.79 Å². The van der Waals surface area contributed by atoms with Crippen LogP contribution in [0.1, 0.15) is 39.5 Å². The standard InChI is InChI=1S/C24H32N6O2/c1-24(2)22(31)30(19-6-4-5-7-19)21-20(32-24)16-25-23(27-21)26-17-8-10-18(11-9-17)29-14-12-28(3)13-15-29/h8-11,16,19H,4-7,12-15H2,1-3H3,(H,25,26,27). The quantitative estimate of drug-likeness (QED) is 0.787. The molecular formula is C24H32N6O2. The molecule has 2 aromatic rings. The first-order valence-corrected chi connectivity index (χ1v) is 11.6. The lowest BCUT2D eigenvalue weighted by atomic mass is 10.0. The van der Waals surface area contributed by atoms with Gasteiger partial charge in [0, 0.05) is 43.6 Å². The fourth-order valence-corrected chi connectivity index (χ4v) is 4.82. The van der Waals surface area contributed by atoms with E-state index in [-0.39, 0.29) is 11.9 Å². The Kier molecular flexibility index (Phi) is 5.41. The average molecular weight is 437 g/mol. The second-order valence-corrected chi connectivity index (χ2v) is 9.57. The number of rotatable bonds is 4. The number of nitrogens with zero attached hydrogens (tertiary/aromatic N) is 5. The molecular weight excluding hydrogens is 404 g/mol. The number of hydrogen-bond donors (Lipinski definition) is 1. The minimum absolute atomic E-state index is 0.0296. The zero-order valence-electron chi connectivity index (χ0n) is 19.2. The van der Waals surface area contributed by atoms with Crippen molar-refractivity contribution in [1.82, 2.24) is 14.9 Å². The number of fused-ring (bicyclic) bond motifs is 1. The first-order chi connectivity index (χ1) is 15.4. The molecule has 1 amide bonds. The smallest absolute Gasteiger partial charge is 0.272 e. The molecule has 2 aliphatic heterocycles. The molecule has 1 saturated heterocycles. The number of ether oxygens (including phenoxy) is 1. The Morgan fingerprint density at radius 3 is 2.44 bits per heavy atom. The van der Waals surface area contributed by atoms with Crippen LogP contribution in [0.25, 0.3) is 0 Å². The molecule has 0 bridgehead atoms. The Hall–Kier alpha value is -2.87. The van der Waals surface area contributed by atoms with Crippen molar-refractivity contribution in [2.45, 2.75) is 51.2 Å². The number of anilines is 4. The third kappa shape index (κ3) is 3.99. The van der Waals surface area contributed by atoms with Gasteiger partial charge >= 0.3 is 0 Å². The Bertz CT molecular complexity index is 978. The van der Waals surface area contributed by atoms with Gasteiger partial charge in [-0.1, -0.05) is 12.8 Å². The van der Waals surface area contributed by atoms with Crippen molar-refractivity contribution in [1.29, 1.82) is 0 Å². The van der Waals surface area contributed by atoms with Crippen LogP contribution in [0, 0.1) is 0 Å². The number of carbonyl (C=O) groups excluding carboxylic acids is 1. The monoisotopic (exact) mass is 436 g/mol. The lowest BCUT2D eigenvalue weighted by molar-refractivity contribution is -0.133. The summed E-state index contributed by atoms with van der Waals surface area (Å²) in [6.07, 6.45) is 5.96. The molecule has 1 N–H and O–H groups in total. The number of carbonyl (C=O) groups is 1. The third-order valence-electron chi connectivity index (χ3n) is 6.75. The number of hydrogen-bond acceptors (Lipinski definition) is 7. The van der Waals surface area contributed by atoms with Gasteiger partial charge in [-0.2, -0.15) is 4.98 Å². The minimum Gasteiger partial charge on any atom is -0.472 e. The molecule has 1 aromatic heterocycles. The molecule has 0 atom stereocenters. The average Bonchev–Trinajstić information content (AvgIpc) is 3.30. The maximum atomic E-state index is 13.2. The van der Waals surface area contributed by atoms with Gasteiger partial charge in [0.15, 0.2) is 17.2 Å². The van der Waals surface area contributed by atoms with Crippen LogP contribution in [-0.4, -0.2) is 65.6 Å². The van der Waals surface area contributed by atoms with Crippen molar-refractivity contribution < 1.29 is 9.53 Å². The van der Waals surface area contributed by atoms with Gasteiger partial charge in [0.25, 0.3) is 5.91 Å². The van der Waals surface area contributed by atoms with E-state index in [4.69, 9.17) is 9.72 Å². The number of piperazine rings is 1. The molecule has 8 nitrogen and oxygen atoms in total. The molecule has 0 unspecified atom stereocenters. The summed E-state index contributed by atoms with van der Waals surface area (Å²) < 4.78 is 5.96. The van der Waals surface area contributed by atoms with Gasteiger partial charge < -0.3 is 19.9 Å².